The highest BCUT2D eigenvalue weighted by Crippen LogP contribution is 2.40. The van der Waals surface area contributed by atoms with Gasteiger partial charge in [-0.05, 0) is 56.5 Å². The van der Waals surface area contributed by atoms with E-state index in [1.165, 1.54) is 6.42 Å². The second kappa shape index (κ2) is 8.86. The van der Waals surface area contributed by atoms with Crippen molar-refractivity contribution >= 4 is 29.1 Å². The zero-order valence-electron chi connectivity index (χ0n) is 16.7. The largest absolute Gasteiger partial charge is 0.343 e. The number of nitrogens with one attached hydrogen (secondary N) is 1. The third-order valence-electron chi connectivity index (χ3n) is 6.25. The number of carbonyl (C=O) groups excluding carboxylic acids is 1. The molecule has 0 saturated carbocycles. The Morgan fingerprint density at radius 1 is 1.25 bits per heavy atom. The molecule has 0 aliphatic carbocycles. The molecule has 1 saturated heterocycles. The number of nitrogens with zero attached hydrogens (tertiary/aromatic N) is 1. The maximum atomic E-state index is 13.1. The van der Waals surface area contributed by atoms with E-state index in [4.69, 9.17) is 23.2 Å². The molecule has 3 unspecified atom stereocenters. The molecule has 0 radical (unpaired) electrons. The van der Waals surface area contributed by atoms with Gasteiger partial charge in [0.05, 0.1) is 16.6 Å². The predicted molar refractivity (Wildman–Crippen MR) is 117 cm³/mol. The van der Waals surface area contributed by atoms with Crippen molar-refractivity contribution in [3.05, 3.63) is 69.7 Å². The Kier molecular flexibility index (Phi) is 6.69. The Labute approximate surface area is 178 Å². The monoisotopic (exact) mass is 418 g/mol. The average molecular weight is 419 g/mol. The van der Waals surface area contributed by atoms with Crippen LogP contribution in [-0.2, 0) is 0 Å². The summed E-state index contributed by atoms with van der Waals surface area (Å²) in [5.74, 6) is 0.527. The van der Waals surface area contributed by atoms with Gasteiger partial charge in [-0.15, -0.1) is 0 Å². The Morgan fingerprint density at radius 2 is 1.96 bits per heavy atom. The van der Waals surface area contributed by atoms with Crippen LogP contribution in [0.1, 0.15) is 55.1 Å². The van der Waals surface area contributed by atoms with Gasteiger partial charge in [-0.3, -0.25) is 9.69 Å². The summed E-state index contributed by atoms with van der Waals surface area (Å²) in [6.07, 6.45) is 3.37. The van der Waals surface area contributed by atoms with Crippen molar-refractivity contribution in [1.29, 1.82) is 0 Å². The fraction of sp³-hybridized carbons (Fsp3) is 0.435. The second-order valence-corrected chi connectivity index (χ2v) is 8.84. The highest BCUT2D eigenvalue weighted by molar-refractivity contribution is 6.36. The number of benzene rings is 2. The second-order valence-electron chi connectivity index (χ2n) is 7.99. The smallest absolute Gasteiger partial charge is 0.253 e. The Morgan fingerprint density at radius 3 is 2.57 bits per heavy atom. The normalized spacial score (nSPS) is 24.0. The molecule has 0 aromatic heterocycles. The maximum Gasteiger partial charge on any atom is 0.253 e. The molecule has 0 bridgehead atoms. The number of piperidine rings is 1. The lowest BCUT2D eigenvalue weighted by Crippen LogP contribution is -2.57. The minimum absolute atomic E-state index is 0.143. The maximum absolute atomic E-state index is 13.1. The first-order valence-corrected chi connectivity index (χ1v) is 10.6. The first-order valence-electron chi connectivity index (χ1n) is 9.87. The van der Waals surface area contributed by atoms with Crippen molar-refractivity contribution in [3.8, 4) is 0 Å². The lowest BCUT2D eigenvalue weighted by atomic mass is 9.75. The van der Waals surface area contributed by atoms with Gasteiger partial charge in [-0.2, -0.15) is 0 Å². The first-order chi connectivity index (χ1) is 13.3. The molecule has 2 aromatic rings. The van der Waals surface area contributed by atoms with Crippen molar-refractivity contribution in [3.63, 3.8) is 0 Å². The molecule has 0 spiro atoms. The molecule has 1 fully saturated rings. The van der Waals surface area contributed by atoms with Crippen molar-refractivity contribution in [2.24, 2.45) is 5.92 Å². The highest BCUT2D eigenvalue weighted by atomic mass is 35.5. The minimum Gasteiger partial charge on any atom is -0.343 e. The molecule has 28 heavy (non-hydrogen) atoms. The molecule has 5 heteroatoms. The summed E-state index contributed by atoms with van der Waals surface area (Å²) in [7, 11) is 2.17. The molecule has 3 atom stereocenters. The summed E-state index contributed by atoms with van der Waals surface area (Å²) in [5.41, 5.74) is 1.37. The van der Waals surface area contributed by atoms with Crippen LogP contribution >= 0.6 is 23.2 Å². The number of rotatable bonds is 5. The van der Waals surface area contributed by atoms with Crippen molar-refractivity contribution in [2.75, 3.05) is 13.6 Å². The van der Waals surface area contributed by atoms with E-state index in [9.17, 15) is 4.79 Å². The van der Waals surface area contributed by atoms with E-state index in [2.05, 4.69) is 43.2 Å². The topological polar surface area (TPSA) is 32.3 Å². The molecule has 2 aromatic carbocycles. The predicted octanol–water partition coefficient (Wildman–Crippen LogP) is 5.98. The summed E-state index contributed by atoms with van der Waals surface area (Å²) in [4.78, 5) is 15.5. The van der Waals surface area contributed by atoms with Crippen LogP contribution in [-0.4, -0.2) is 29.9 Å². The Bertz CT molecular complexity index is 827. The molecule has 3 rings (SSSR count). The minimum atomic E-state index is -0.179. The number of hydrogen-bond donors (Lipinski definition) is 1. The van der Waals surface area contributed by atoms with Gasteiger partial charge >= 0.3 is 0 Å². The van der Waals surface area contributed by atoms with E-state index in [1.807, 2.05) is 18.2 Å². The van der Waals surface area contributed by atoms with Crippen LogP contribution in [0.15, 0.2) is 48.5 Å². The van der Waals surface area contributed by atoms with Crippen molar-refractivity contribution in [2.45, 2.75) is 44.7 Å². The zero-order valence-corrected chi connectivity index (χ0v) is 18.2. The molecule has 1 aliphatic heterocycles. The van der Waals surface area contributed by atoms with E-state index in [-0.39, 0.29) is 17.5 Å². The molecule has 150 valence electrons. The van der Waals surface area contributed by atoms with E-state index in [0.29, 0.717) is 21.5 Å². The van der Waals surface area contributed by atoms with E-state index in [1.54, 1.807) is 18.2 Å². The first kappa shape index (κ1) is 21.2. The van der Waals surface area contributed by atoms with Gasteiger partial charge in [0.1, 0.15) is 0 Å². The summed E-state index contributed by atoms with van der Waals surface area (Å²) >= 11 is 12.3. The van der Waals surface area contributed by atoms with Crippen molar-refractivity contribution in [1.82, 2.24) is 10.2 Å². The third-order valence-corrected chi connectivity index (χ3v) is 6.79. The average Bonchev–Trinajstić information content (AvgIpc) is 2.68. The summed E-state index contributed by atoms with van der Waals surface area (Å²) in [6.45, 7) is 5.54. The molecular formula is C23H28Cl2N2O. The lowest BCUT2D eigenvalue weighted by molar-refractivity contribution is 0.0229. The lowest BCUT2D eigenvalue weighted by Gasteiger charge is -2.50. The van der Waals surface area contributed by atoms with E-state index >= 15 is 0 Å². The number of likely N-dealkylation sites (tertiary alicyclic amines) is 1. The molecule has 1 N–H and O–H groups in total. The molecule has 1 heterocycles. The Balaban J connectivity index is 1.93. The Hall–Kier alpha value is -1.55. The van der Waals surface area contributed by atoms with Crippen LogP contribution in [0.25, 0.3) is 0 Å². The molecule has 1 aliphatic rings. The summed E-state index contributed by atoms with van der Waals surface area (Å²) in [5, 5.41) is 4.16. The van der Waals surface area contributed by atoms with Gasteiger partial charge in [-0.1, -0.05) is 66.9 Å². The van der Waals surface area contributed by atoms with Crippen LogP contribution in [0.4, 0.5) is 0 Å². The van der Waals surface area contributed by atoms with Crippen LogP contribution in [0, 0.1) is 5.92 Å². The number of amides is 1. The summed E-state index contributed by atoms with van der Waals surface area (Å²) < 4.78 is 0. The van der Waals surface area contributed by atoms with E-state index < -0.39 is 0 Å². The van der Waals surface area contributed by atoms with Crippen LogP contribution in [0.3, 0.4) is 0 Å². The van der Waals surface area contributed by atoms with Gasteiger partial charge < -0.3 is 5.32 Å². The fourth-order valence-electron chi connectivity index (χ4n) is 4.20. The van der Waals surface area contributed by atoms with Crippen LogP contribution in [0.5, 0.6) is 0 Å². The van der Waals surface area contributed by atoms with Gasteiger partial charge in [-0.25, -0.2) is 0 Å². The molecular weight excluding hydrogens is 391 g/mol. The van der Waals surface area contributed by atoms with Gasteiger partial charge in [0.25, 0.3) is 5.91 Å². The highest BCUT2D eigenvalue weighted by Gasteiger charge is 2.43. The fourth-order valence-corrected chi connectivity index (χ4v) is 4.69. The molecule has 1 amide bonds. The van der Waals surface area contributed by atoms with Crippen molar-refractivity contribution < 1.29 is 4.79 Å². The van der Waals surface area contributed by atoms with E-state index in [0.717, 1.165) is 24.9 Å². The number of likely N-dealkylation sites (N-methyl/N-ethyl adjacent to an activating group) is 1. The SMILES string of the molecule is CCC1CCC(C)(C(NC(=O)c2ccc(Cl)cc2Cl)c2ccccc2)N(C)C1. The zero-order chi connectivity index (χ0) is 20.3. The van der Waals surface area contributed by atoms with Gasteiger partial charge in [0.2, 0.25) is 0 Å². The van der Waals surface area contributed by atoms with Crippen LogP contribution in [0.2, 0.25) is 10.0 Å². The summed E-state index contributed by atoms with van der Waals surface area (Å²) in [6, 6.07) is 15.0. The number of hydrogen-bond acceptors (Lipinski definition) is 2. The number of halogens is 2. The standard InChI is InChI=1S/C23H28Cl2N2O/c1-4-16-12-13-23(2,27(3)15-16)21(17-8-6-5-7-9-17)26-22(28)19-11-10-18(24)14-20(19)25/h5-11,14,16,21H,4,12-13,15H2,1-3H3,(H,26,28). The van der Waals surface area contributed by atoms with Gasteiger partial charge in [0.15, 0.2) is 0 Å². The number of carbonyl (C=O) groups is 1. The quantitative estimate of drug-likeness (QED) is 0.647. The third kappa shape index (κ3) is 4.37. The van der Waals surface area contributed by atoms with Crippen LogP contribution < -0.4 is 5.32 Å². The molecule has 3 nitrogen and oxygen atoms in total. The van der Waals surface area contributed by atoms with Gasteiger partial charge in [0, 0.05) is 17.1 Å².